The fourth-order valence-corrected chi connectivity index (χ4v) is 3.20. The van der Waals surface area contributed by atoms with E-state index in [4.69, 9.17) is 5.11 Å². The van der Waals surface area contributed by atoms with E-state index in [-0.39, 0.29) is 15.8 Å². The Morgan fingerprint density at radius 2 is 2.18 bits per heavy atom. The molecule has 1 N–H and O–H groups in total. The van der Waals surface area contributed by atoms with Gasteiger partial charge in [0.05, 0.1) is 17.3 Å². The molecular formula is C16H9FN2O2S. The average molecular weight is 312 g/mol. The van der Waals surface area contributed by atoms with Crippen molar-refractivity contribution in [1.82, 2.24) is 4.98 Å². The van der Waals surface area contributed by atoms with E-state index in [1.807, 2.05) is 6.07 Å². The molecule has 3 aromatic rings. The highest BCUT2D eigenvalue weighted by Gasteiger charge is 2.17. The number of carboxylic acids is 1. The smallest absolute Gasteiger partial charge is 0.347 e. The van der Waals surface area contributed by atoms with Crippen molar-refractivity contribution >= 4 is 28.1 Å². The van der Waals surface area contributed by atoms with Crippen LogP contribution >= 0.6 is 11.3 Å². The fraction of sp³-hybridized carbons (Fsp3) is 0.0625. The highest BCUT2D eigenvalue weighted by molar-refractivity contribution is 7.17. The molecule has 0 fully saturated rings. The number of carbonyl (C=O) groups is 1. The molecule has 0 aliphatic carbocycles. The first-order valence-electron chi connectivity index (χ1n) is 6.34. The van der Waals surface area contributed by atoms with Crippen LogP contribution in [-0.4, -0.2) is 16.1 Å². The number of aromatic carboxylic acids is 1. The Balaban J connectivity index is 2.27. The van der Waals surface area contributed by atoms with Crippen molar-refractivity contribution in [2.45, 2.75) is 6.92 Å². The van der Waals surface area contributed by atoms with E-state index >= 15 is 0 Å². The lowest BCUT2D eigenvalue weighted by Crippen LogP contribution is -1.94. The van der Waals surface area contributed by atoms with Crippen molar-refractivity contribution in [3.63, 3.8) is 0 Å². The monoisotopic (exact) mass is 312 g/mol. The van der Waals surface area contributed by atoms with Gasteiger partial charge in [0.1, 0.15) is 15.7 Å². The van der Waals surface area contributed by atoms with Gasteiger partial charge in [-0.1, -0.05) is 12.1 Å². The highest BCUT2D eigenvalue weighted by atomic mass is 32.1. The standard InChI is InChI=1S/C16H9FN2O2S/c1-8-14(16(20)21)22-15(19-8)10-5-9-3-2-4-12(17)13(9)11(6-10)7-18/h2-6H,1H3,(H,20,21). The number of aryl methyl sites for hydroxylation is 1. The Morgan fingerprint density at radius 3 is 2.82 bits per heavy atom. The van der Waals surface area contributed by atoms with Crippen LogP contribution in [0, 0.1) is 24.1 Å². The topological polar surface area (TPSA) is 74.0 Å². The molecule has 0 bridgehead atoms. The zero-order chi connectivity index (χ0) is 15.9. The number of rotatable bonds is 2. The molecule has 0 unspecified atom stereocenters. The van der Waals surface area contributed by atoms with Crippen molar-refractivity contribution in [3.05, 3.63) is 52.3 Å². The van der Waals surface area contributed by atoms with Crippen LogP contribution in [0.2, 0.25) is 0 Å². The van der Waals surface area contributed by atoms with Gasteiger partial charge in [0.15, 0.2) is 0 Å². The Morgan fingerprint density at radius 1 is 1.41 bits per heavy atom. The summed E-state index contributed by atoms with van der Waals surface area (Å²) < 4.78 is 13.9. The summed E-state index contributed by atoms with van der Waals surface area (Å²) >= 11 is 1.04. The predicted molar refractivity (Wildman–Crippen MR) is 81.4 cm³/mol. The summed E-state index contributed by atoms with van der Waals surface area (Å²) in [6, 6.07) is 9.82. The maximum Gasteiger partial charge on any atom is 0.347 e. The lowest BCUT2D eigenvalue weighted by Gasteiger charge is -2.04. The summed E-state index contributed by atoms with van der Waals surface area (Å²) in [6.07, 6.45) is 0. The Kier molecular flexibility index (Phi) is 3.35. The van der Waals surface area contributed by atoms with Crippen LogP contribution in [0.15, 0.2) is 30.3 Å². The number of nitriles is 1. The molecule has 0 aliphatic heterocycles. The maximum absolute atomic E-state index is 13.9. The number of thiazole rings is 1. The van der Waals surface area contributed by atoms with Crippen LogP contribution in [-0.2, 0) is 0 Å². The third kappa shape index (κ3) is 2.22. The number of benzene rings is 2. The summed E-state index contributed by atoms with van der Waals surface area (Å²) in [5.41, 5.74) is 1.23. The Hall–Kier alpha value is -2.78. The molecule has 0 radical (unpaired) electrons. The summed E-state index contributed by atoms with van der Waals surface area (Å²) in [5, 5.41) is 19.7. The number of fused-ring (bicyclic) bond motifs is 1. The van der Waals surface area contributed by atoms with E-state index < -0.39 is 11.8 Å². The summed E-state index contributed by atoms with van der Waals surface area (Å²) in [6.45, 7) is 1.62. The molecule has 3 rings (SSSR count). The minimum absolute atomic E-state index is 0.160. The van der Waals surface area contributed by atoms with Gasteiger partial charge in [0, 0.05) is 10.9 Å². The van der Waals surface area contributed by atoms with Gasteiger partial charge in [-0.25, -0.2) is 14.2 Å². The molecule has 6 heteroatoms. The first-order chi connectivity index (χ1) is 10.5. The first-order valence-corrected chi connectivity index (χ1v) is 7.16. The van der Waals surface area contributed by atoms with E-state index in [1.54, 1.807) is 25.1 Å². The molecule has 0 spiro atoms. The molecular weight excluding hydrogens is 303 g/mol. The second kappa shape index (κ2) is 5.20. The lowest BCUT2D eigenvalue weighted by molar-refractivity contribution is 0.0701. The van der Waals surface area contributed by atoms with Gasteiger partial charge >= 0.3 is 5.97 Å². The molecule has 22 heavy (non-hydrogen) atoms. The van der Waals surface area contributed by atoms with Gasteiger partial charge in [-0.15, -0.1) is 11.3 Å². The van der Waals surface area contributed by atoms with Gasteiger partial charge in [-0.05, 0) is 30.5 Å². The predicted octanol–water partition coefficient (Wildman–Crippen LogP) is 3.98. The molecule has 1 heterocycles. The molecule has 0 saturated heterocycles. The first kappa shape index (κ1) is 14.2. The third-order valence-corrected chi connectivity index (χ3v) is 4.48. The zero-order valence-electron chi connectivity index (χ0n) is 11.4. The van der Waals surface area contributed by atoms with Crippen LogP contribution in [0.1, 0.15) is 20.9 Å². The van der Waals surface area contributed by atoms with Crippen molar-refractivity contribution in [2.24, 2.45) is 0 Å². The molecule has 4 nitrogen and oxygen atoms in total. The van der Waals surface area contributed by atoms with E-state index in [1.165, 1.54) is 12.1 Å². The molecule has 0 saturated carbocycles. The van der Waals surface area contributed by atoms with E-state index in [0.29, 0.717) is 21.7 Å². The third-order valence-electron chi connectivity index (χ3n) is 3.28. The second-order valence-corrected chi connectivity index (χ2v) is 5.71. The van der Waals surface area contributed by atoms with Crippen LogP contribution in [0.3, 0.4) is 0 Å². The van der Waals surface area contributed by atoms with Gasteiger partial charge in [-0.2, -0.15) is 5.26 Å². The number of hydrogen-bond donors (Lipinski definition) is 1. The normalized spacial score (nSPS) is 10.6. The molecule has 0 aliphatic rings. The Labute approximate surface area is 129 Å². The number of carboxylic acid groups (broad SMARTS) is 1. The fourth-order valence-electron chi connectivity index (χ4n) is 2.31. The van der Waals surface area contributed by atoms with Crippen molar-refractivity contribution in [3.8, 4) is 16.6 Å². The molecule has 108 valence electrons. The number of aromatic nitrogens is 1. The molecule has 0 atom stereocenters. The molecule has 1 aromatic heterocycles. The van der Waals surface area contributed by atoms with E-state index in [2.05, 4.69) is 4.98 Å². The van der Waals surface area contributed by atoms with Crippen LogP contribution < -0.4 is 0 Å². The molecule has 2 aromatic carbocycles. The summed E-state index contributed by atoms with van der Waals surface area (Å²) in [7, 11) is 0. The number of hydrogen-bond acceptors (Lipinski definition) is 4. The largest absolute Gasteiger partial charge is 0.477 e. The SMILES string of the molecule is Cc1nc(-c2cc(C#N)c3c(F)cccc3c2)sc1C(=O)O. The Bertz CT molecular complexity index is 957. The van der Waals surface area contributed by atoms with Crippen molar-refractivity contribution in [2.75, 3.05) is 0 Å². The van der Waals surface area contributed by atoms with Gasteiger partial charge in [-0.3, -0.25) is 0 Å². The van der Waals surface area contributed by atoms with E-state index in [9.17, 15) is 14.4 Å². The summed E-state index contributed by atoms with van der Waals surface area (Å²) in [5.74, 6) is -1.49. The van der Waals surface area contributed by atoms with Crippen LogP contribution in [0.25, 0.3) is 21.3 Å². The van der Waals surface area contributed by atoms with Gasteiger partial charge < -0.3 is 5.11 Å². The number of halogens is 1. The van der Waals surface area contributed by atoms with Crippen molar-refractivity contribution in [1.29, 1.82) is 5.26 Å². The maximum atomic E-state index is 13.9. The van der Waals surface area contributed by atoms with E-state index in [0.717, 1.165) is 11.3 Å². The minimum Gasteiger partial charge on any atom is -0.477 e. The molecule has 0 amide bonds. The average Bonchev–Trinajstić information content (AvgIpc) is 2.88. The van der Waals surface area contributed by atoms with Crippen molar-refractivity contribution < 1.29 is 14.3 Å². The van der Waals surface area contributed by atoms with Gasteiger partial charge in [0.2, 0.25) is 0 Å². The van der Waals surface area contributed by atoms with Crippen LogP contribution in [0.4, 0.5) is 4.39 Å². The number of nitrogens with zero attached hydrogens (tertiary/aromatic N) is 2. The summed E-state index contributed by atoms with van der Waals surface area (Å²) in [4.78, 5) is 15.5. The van der Waals surface area contributed by atoms with Gasteiger partial charge in [0.25, 0.3) is 0 Å². The zero-order valence-corrected chi connectivity index (χ0v) is 12.2. The lowest BCUT2D eigenvalue weighted by atomic mass is 10.0. The van der Waals surface area contributed by atoms with Crippen LogP contribution in [0.5, 0.6) is 0 Å². The highest BCUT2D eigenvalue weighted by Crippen LogP contribution is 2.32. The quantitative estimate of drug-likeness (QED) is 0.776. The minimum atomic E-state index is -1.03. The second-order valence-electron chi connectivity index (χ2n) is 4.71.